The Kier molecular flexibility index (Phi) is 5.15. The summed E-state index contributed by atoms with van der Waals surface area (Å²) in [6.45, 7) is 9.70. The highest BCUT2D eigenvalue weighted by Gasteiger charge is 2.15. The molecule has 1 aliphatic rings. The molecule has 0 amide bonds. The summed E-state index contributed by atoms with van der Waals surface area (Å²) >= 11 is 0. The van der Waals surface area contributed by atoms with Crippen LogP contribution in [0.1, 0.15) is 19.4 Å². The molecule has 4 heteroatoms. The molecule has 0 atom stereocenters. The zero-order chi connectivity index (χ0) is 14.5. The summed E-state index contributed by atoms with van der Waals surface area (Å²) in [6, 6.07) is 6.49. The van der Waals surface area contributed by atoms with E-state index in [0.29, 0.717) is 0 Å². The van der Waals surface area contributed by atoms with Crippen molar-refractivity contribution in [2.45, 2.75) is 20.4 Å². The largest absolute Gasteiger partial charge is 0.304 e. The summed E-state index contributed by atoms with van der Waals surface area (Å²) in [5.74, 6) is 0. The van der Waals surface area contributed by atoms with Crippen molar-refractivity contribution in [2.24, 2.45) is 7.05 Å². The summed E-state index contributed by atoms with van der Waals surface area (Å²) < 4.78 is 1.95. The molecular weight excluding hydrogens is 248 g/mol. The van der Waals surface area contributed by atoms with E-state index < -0.39 is 0 Å². The standard InChI is InChI=1S/C14H20N4.C2H6/c1-16-6-8-18(9-7-16)11-12-4-3-5-14-13(12)10-15-17(14)2;1-2/h3-5,10H,6-9,11H2,1-2H3;1-2H3. The SMILES string of the molecule is CC.CN1CCN(Cc2cccc3c2cnn3C)CC1. The maximum atomic E-state index is 4.35. The Balaban J connectivity index is 0.000000704. The van der Waals surface area contributed by atoms with Gasteiger partial charge in [-0.2, -0.15) is 5.10 Å². The van der Waals surface area contributed by atoms with E-state index in [1.807, 2.05) is 31.8 Å². The minimum absolute atomic E-state index is 1.04. The molecule has 0 aliphatic carbocycles. The highest BCUT2D eigenvalue weighted by Crippen LogP contribution is 2.19. The van der Waals surface area contributed by atoms with Gasteiger partial charge in [-0.1, -0.05) is 26.0 Å². The van der Waals surface area contributed by atoms with Crippen LogP contribution in [0.25, 0.3) is 10.9 Å². The molecule has 1 saturated heterocycles. The first-order valence-corrected chi connectivity index (χ1v) is 7.54. The number of likely N-dealkylation sites (N-methyl/N-ethyl adjacent to an activating group) is 1. The third-order valence-electron chi connectivity index (χ3n) is 3.87. The quantitative estimate of drug-likeness (QED) is 0.840. The van der Waals surface area contributed by atoms with Crippen LogP contribution < -0.4 is 0 Å². The lowest BCUT2D eigenvalue weighted by molar-refractivity contribution is 0.148. The van der Waals surface area contributed by atoms with Gasteiger partial charge < -0.3 is 4.90 Å². The number of fused-ring (bicyclic) bond motifs is 1. The third-order valence-corrected chi connectivity index (χ3v) is 3.87. The number of aromatic nitrogens is 2. The first-order valence-electron chi connectivity index (χ1n) is 7.54. The molecule has 0 spiro atoms. The summed E-state index contributed by atoms with van der Waals surface area (Å²) in [7, 11) is 4.20. The number of piperazine rings is 1. The molecule has 110 valence electrons. The normalized spacial score (nSPS) is 17.0. The summed E-state index contributed by atoms with van der Waals surface area (Å²) in [5.41, 5.74) is 2.62. The van der Waals surface area contributed by atoms with Crippen LogP contribution in [-0.2, 0) is 13.6 Å². The van der Waals surface area contributed by atoms with Gasteiger partial charge in [0.2, 0.25) is 0 Å². The highest BCUT2D eigenvalue weighted by atomic mass is 15.3. The number of benzene rings is 1. The Hall–Kier alpha value is -1.39. The molecule has 2 heterocycles. The fourth-order valence-electron chi connectivity index (χ4n) is 2.62. The topological polar surface area (TPSA) is 24.3 Å². The molecule has 20 heavy (non-hydrogen) atoms. The fraction of sp³-hybridized carbons (Fsp3) is 0.562. The maximum absolute atomic E-state index is 4.35. The average molecular weight is 274 g/mol. The Morgan fingerprint density at radius 3 is 2.45 bits per heavy atom. The van der Waals surface area contributed by atoms with E-state index in [0.717, 1.165) is 19.6 Å². The second-order valence-electron chi connectivity index (χ2n) is 5.20. The Morgan fingerprint density at radius 2 is 1.75 bits per heavy atom. The van der Waals surface area contributed by atoms with E-state index in [4.69, 9.17) is 0 Å². The van der Waals surface area contributed by atoms with Gasteiger partial charge in [0.25, 0.3) is 0 Å². The van der Waals surface area contributed by atoms with Gasteiger partial charge in [-0.25, -0.2) is 0 Å². The predicted molar refractivity (Wildman–Crippen MR) is 84.8 cm³/mol. The Labute approximate surface area is 122 Å². The van der Waals surface area contributed by atoms with Gasteiger partial charge in [0.05, 0.1) is 11.7 Å². The van der Waals surface area contributed by atoms with E-state index in [2.05, 4.69) is 40.1 Å². The van der Waals surface area contributed by atoms with Gasteiger partial charge >= 0.3 is 0 Å². The Bertz CT molecular complexity index is 538. The molecule has 0 N–H and O–H groups in total. The number of aryl methyl sites for hydroxylation is 1. The van der Waals surface area contributed by atoms with Crippen LogP contribution in [0, 0.1) is 0 Å². The van der Waals surface area contributed by atoms with E-state index >= 15 is 0 Å². The molecule has 1 fully saturated rings. The van der Waals surface area contributed by atoms with Gasteiger partial charge in [-0.05, 0) is 18.7 Å². The van der Waals surface area contributed by atoms with Crippen LogP contribution >= 0.6 is 0 Å². The van der Waals surface area contributed by atoms with Gasteiger partial charge in [0, 0.05) is 45.2 Å². The molecule has 2 aromatic rings. The molecule has 1 aromatic heterocycles. The van der Waals surface area contributed by atoms with Gasteiger partial charge in [-0.3, -0.25) is 9.58 Å². The second-order valence-corrected chi connectivity index (χ2v) is 5.20. The van der Waals surface area contributed by atoms with E-state index in [1.165, 1.54) is 29.6 Å². The minimum Gasteiger partial charge on any atom is -0.304 e. The van der Waals surface area contributed by atoms with Crippen LogP contribution in [0.5, 0.6) is 0 Å². The zero-order valence-electron chi connectivity index (χ0n) is 13.1. The molecule has 0 radical (unpaired) electrons. The number of rotatable bonds is 2. The molecule has 1 aromatic carbocycles. The van der Waals surface area contributed by atoms with Crippen molar-refractivity contribution < 1.29 is 0 Å². The van der Waals surface area contributed by atoms with Crippen molar-refractivity contribution >= 4 is 10.9 Å². The predicted octanol–water partition coefficient (Wildman–Crippen LogP) is 2.35. The van der Waals surface area contributed by atoms with Crippen molar-refractivity contribution in [3.05, 3.63) is 30.0 Å². The lowest BCUT2D eigenvalue weighted by Crippen LogP contribution is -2.43. The lowest BCUT2D eigenvalue weighted by Gasteiger charge is -2.32. The molecular formula is C16H26N4. The van der Waals surface area contributed by atoms with Crippen LogP contribution in [0.2, 0.25) is 0 Å². The molecule has 3 rings (SSSR count). The second kappa shape index (κ2) is 6.86. The first kappa shape index (κ1) is 15.0. The highest BCUT2D eigenvalue weighted by molar-refractivity contribution is 5.82. The van der Waals surface area contributed by atoms with Crippen molar-refractivity contribution in [3.63, 3.8) is 0 Å². The van der Waals surface area contributed by atoms with E-state index in [9.17, 15) is 0 Å². The van der Waals surface area contributed by atoms with Crippen molar-refractivity contribution in [2.75, 3.05) is 33.2 Å². The molecule has 0 bridgehead atoms. The smallest absolute Gasteiger partial charge is 0.0682 e. The third kappa shape index (κ3) is 3.19. The first-order chi connectivity index (χ1) is 9.74. The average Bonchev–Trinajstić information content (AvgIpc) is 2.87. The monoisotopic (exact) mass is 274 g/mol. The number of hydrogen-bond acceptors (Lipinski definition) is 3. The van der Waals surface area contributed by atoms with Crippen LogP contribution in [0.3, 0.4) is 0 Å². The van der Waals surface area contributed by atoms with Crippen LogP contribution in [0.4, 0.5) is 0 Å². The minimum atomic E-state index is 1.04. The van der Waals surface area contributed by atoms with Crippen molar-refractivity contribution in [3.8, 4) is 0 Å². The van der Waals surface area contributed by atoms with E-state index in [1.54, 1.807) is 0 Å². The van der Waals surface area contributed by atoms with Crippen LogP contribution in [-0.4, -0.2) is 52.8 Å². The lowest BCUT2D eigenvalue weighted by atomic mass is 10.1. The summed E-state index contributed by atoms with van der Waals surface area (Å²) in [5, 5.41) is 5.64. The van der Waals surface area contributed by atoms with Gasteiger partial charge in [-0.15, -0.1) is 0 Å². The molecule has 4 nitrogen and oxygen atoms in total. The Morgan fingerprint density at radius 1 is 1.05 bits per heavy atom. The molecule has 0 saturated carbocycles. The van der Waals surface area contributed by atoms with E-state index in [-0.39, 0.29) is 0 Å². The summed E-state index contributed by atoms with van der Waals surface area (Å²) in [4.78, 5) is 4.92. The van der Waals surface area contributed by atoms with Crippen molar-refractivity contribution in [1.29, 1.82) is 0 Å². The van der Waals surface area contributed by atoms with Crippen LogP contribution in [0.15, 0.2) is 24.4 Å². The van der Waals surface area contributed by atoms with Crippen molar-refractivity contribution in [1.82, 2.24) is 19.6 Å². The maximum Gasteiger partial charge on any atom is 0.0682 e. The fourth-order valence-corrected chi connectivity index (χ4v) is 2.62. The number of nitrogens with zero attached hydrogens (tertiary/aromatic N) is 4. The molecule has 1 aliphatic heterocycles. The van der Waals surface area contributed by atoms with Gasteiger partial charge in [0.1, 0.15) is 0 Å². The van der Waals surface area contributed by atoms with Gasteiger partial charge in [0.15, 0.2) is 0 Å². The summed E-state index contributed by atoms with van der Waals surface area (Å²) in [6.07, 6.45) is 1.99. The molecule has 0 unspecified atom stereocenters. The zero-order valence-corrected chi connectivity index (χ0v) is 13.1. The number of hydrogen-bond donors (Lipinski definition) is 0.